The first kappa shape index (κ1) is 13.6. The summed E-state index contributed by atoms with van der Waals surface area (Å²) >= 11 is 3.42. The van der Waals surface area contributed by atoms with Crippen molar-refractivity contribution in [3.63, 3.8) is 0 Å². The van der Waals surface area contributed by atoms with Crippen molar-refractivity contribution in [1.29, 1.82) is 0 Å². The molecule has 1 aromatic rings. The molecule has 1 N–H and O–H groups in total. The molecule has 4 heteroatoms. The molecule has 1 aliphatic rings. The normalized spacial score (nSPS) is 25.0. The highest BCUT2D eigenvalue weighted by Gasteiger charge is 2.30. The van der Waals surface area contributed by atoms with Crippen molar-refractivity contribution in [3.8, 4) is 0 Å². The van der Waals surface area contributed by atoms with Crippen LogP contribution in [0.25, 0.3) is 0 Å². The van der Waals surface area contributed by atoms with Crippen molar-refractivity contribution in [1.82, 2.24) is 0 Å². The van der Waals surface area contributed by atoms with Crippen LogP contribution in [-0.4, -0.2) is 23.3 Å². The van der Waals surface area contributed by atoms with E-state index in [9.17, 15) is 9.90 Å². The molecule has 1 fully saturated rings. The molecule has 1 heterocycles. The van der Waals surface area contributed by atoms with Crippen LogP contribution in [0.15, 0.2) is 28.7 Å². The van der Waals surface area contributed by atoms with E-state index in [0.717, 1.165) is 22.9 Å². The third kappa shape index (κ3) is 3.12. The van der Waals surface area contributed by atoms with Gasteiger partial charge in [-0.25, -0.2) is 0 Å². The number of halogens is 1. The van der Waals surface area contributed by atoms with E-state index in [1.165, 1.54) is 0 Å². The van der Waals surface area contributed by atoms with Gasteiger partial charge in [-0.3, -0.25) is 4.79 Å². The lowest BCUT2D eigenvalue weighted by atomic mass is 9.92. The Hall–Kier alpha value is -0.870. The van der Waals surface area contributed by atoms with Crippen molar-refractivity contribution in [2.45, 2.75) is 44.3 Å². The molecular weight excluding hydrogens is 296 g/mol. The SMILES string of the molecule is CC1CCC(CC(C(=O)O)c2ccccc2Br)O1. The molecule has 1 aliphatic heterocycles. The summed E-state index contributed by atoms with van der Waals surface area (Å²) in [6.07, 6.45) is 2.84. The Labute approximate surface area is 115 Å². The number of rotatable bonds is 4. The third-order valence-electron chi connectivity index (χ3n) is 3.40. The number of benzene rings is 1. The van der Waals surface area contributed by atoms with Gasteiger partial charge >= 0.3 is 5.97 Å². The monoisotopic (exact) mass is 312 g/mol. The molecule has 1 saturated heterocycles. The van der Waals surface area contributed by atoms with Gasteiger partial charge in [-0.2, -0.15) is 0 Å². The topological polar surface area (TPSA) is 46.5 Å². The number of hydrogen-bond acceptors (Lipinski definition) is 2. The zero-order chi connectivity index (χ0) is 13.1. The summed E-state index contributed by atoms with van der Waals surface area (Å²) < 4.78 is 6.58. The van der Waals surface area contributed by atoms with Gasteiger partial charge in [0.15, 0.2) is 0 Å². The van der Waals surface area contributed by atoms with Crippen LogP contribution >= 0.6 is 15.9 Å². The lowest BCUT2D eigenvalue weighted by Gasteiger charge is -2.18. The minimum atomic E-state index is -0.787. The van der Waals surface area contributed by atoms with Gasteiger partial charge in [0.2, 0.25) is 0 Å². The molecule has 0 radical (unpaired) electrons. The Morgan fingerprint density at radius 2 is 2.22 bits per heavy atom. The summed E-state index contributed by atoms with van der Waals surface area (Å²) in [6, 6.07) is 7.50. The van der Waals surface area contributed by atoms with E-state index in [-0.39, 0.29) is 12.2 Å². The first-order valence-electron chi connectivity index (χ1n) is 6.20. The van der Waals surface area contributed by atoms with Crippen molar-refractivity contribution < 1.29 is 14.6 Å². The Balaban J connectivity index is 2.14. The second-order valence-corrected chi connectivity index (χ2v) is 5.65. The van der Waals surface area contributed by atoms with E-state index in [1.807, 2.05) is 31.2 Å². The van der Waals surface area contributed by atoms with Gasteiger partial charge in [0.25, 0.3) is 0 Å². The molecule has 18 heavy (non-hydrogen) atoms. The summed E-state index contributed by atoms with van der Waals surface area (Å²) in [4.78, 5) is 11.4. The van der Waals surface area contributed by atoms with Crippen LogP contribution < -0.4 is 0 Å². The number of carboxylic acid groups (broad SMARTS) is 1. The summed E-state index contributed by atoms with van der Waals surface area (Å²) in [5, 5.41) is 9.40. The first-order chi connectivity index (χ1) is 8.58. The molecule has 1 aromatic carbocycles. The molecule has 98 valence electrons. The Morgan fingerprint density at radius 3 is 2.78 bits per heavy atom. The maximum absolute atomic E-state index is 11.4. The molecule has 3 unspecified atom stereocenters. The minimum absolute atomic E-state index is 0.0632. The molecule has 2 rings (SSSR count). The number of carbonyl (C=O) groups is 1. The van der Waals surface area contributed by atoms with Gasteiger partial charge in [-0.05, 0) is 37.8 Å². The van der Waals surface area contributed by atoms with E-state index < -0.39 is 11.9 Å². The predicted molar refractivity (Wildman–Crippen MR) is 72.7 cm³/mol. The van der Waals surface area contributed by atoms with Crippen LogP contribution in [0.3, 0.4) is 0 Å². The molecule has 0 bridgehead atoms. The Bertz CT molecular complexity index is 433. The average molecular weight is 313 g/mol. The van der Waals surface area contributed by atoms with Gasteiger partial charge in [0.1, 0.15) is 0 Å². The van der Waals surface area contributed by atoms with Gasteiger partial charge in [-0.15, -0.1) is 0 Å². The van der Waals surface area contributed by atoms with Crippen LogP contribution in [0.1, 0.15) is 37.7 Å². The summed E-state index contributed by atoms with van der Waals surface area (Å²) in [6.45, 7) is 2.04. The van der Waals surface area contributed by atoms with Gasteiger partial charge in [-0.1, -0.05) is 34.1 Å². The number of aliphatic carboxylic acids is 1. The highest BCUT2D eigenvalue weighted by molar-refractivity contribution is 9.10. The van der Waals surface area contributed by atoms with Crippen molar-refractivity contribution >= 4 is 21.9 Å². The van der Waals surface area contributed by atoms with Crippen LogP contribution in [0.2, 0.25) is 0 Å². The van der Waals surface area contributed by atoms with Gasteiger partial charge in [0, 0.05) is 4.47 Å². The van der Waals surface area contributed by atoms with E-state index in [0.29, 0.717) is 6.42 Å². The maximum Gasteiger partial charge on any atom is 0.311 e. The molecule has 0 spiro atoms. The van der Waals surface area contributed by atoms with E-state index in [2.05, 4.69) is 15.9 Å². The fourth-order valence-corrected chi connectivity index (χ4v) is 3.00. The largest absolute Gasteiger partial charge is 0.481 e. The van der Waals surface area contributed by atoms with Crippen LogP contribution in [-0.2, 0) is 9.53 Å². The Morgan fingerprint density at radius 1 is 1.50 bits per heavy atom. The van der Waals surface area contributed by atoms with E-state index in [4.69, 9.17) is 4.74 Å². The maximum atomic E-state index is 11.4. The molecule has 3 atom stereocenters. The molecule has 0 aromatic heterocycles. The number of carboxylic acids is 1. The van der Waals surface area contributed by atoms with Gasteiger partial charge < -0.3 is 9.84 Å². The number of ether oxygens (including phenoxy) is 1. The summed E-state index contributed by atoms with van der Waals surface area (Å²) in [5.74, 6) is -1.29. The van der Waals surface area contributed by atoms with Crippen molar-refractivity contribution in [3.05, 3.63) is 34.3 Å². The second-order valence-electron chi connectivity index (χ2n) is 4.79. The van der Waals surface area contributed by atoms with Crippen molar-refractivity contribution in [2.24, 2.45) is 0 Å². The molecule has 0 aliphatic carbocycles. The highest BCUT2D eigenvalue weighted by Crippen LogP contribution is 2.33. The third-order valence-corrected chi connectivity index (χ3v) is 4.12. The van der Waals surface area contributed by atoms with E-state index in [1.54, 1.807) is 0 Å². The quantitative estimate of drug-likeness (QED) is 0.924. The van der Waals surface area contributed by atoms with Gasteiger partial charge in [0.05, 0.1) is 18.1 Å². The fraction of sp³-hybridized carbons (Fsp3) is 0.500. The smallest absolute Gasteiger partial charge is 0.311 e. The number of hydrogen-bond donors (Lipinski definition) is 1. The first-order valence-corrected chi connectivity index (χ1v) is 7.00. The van der Waals surface area contributed by atoms with Crippen molar-refractivity contribution in [2.75, 3.05) is 0 Å². The molecular formula is C14H17BrO3. The molecule has 0 saturated carbocycles. The highest BCUT2D eigenvalue weighted by atomic mass is 79.9. The lowest BCUT2D eigenvalue weighted by Crippen LogP contribution is -2.19. The van der Waals surface area contributed by atoms with Crippen LogP contribution in [0.4, 0.5) is 0 Å². The second kappa shape index (κ2) is 5.85. The predicted octanol–water partition coefficient (Wildman–Crippen LogP) is 3.57. The Kier molecular flexibility index (Phi) is 4.40. The zero-order valence-corrected chi connectivity index (χ0v) is 11.9. The van der Waals surface area contributed by atoms with E-state index >= 15 is 0 Å². The minimum Gasteiger partial charge on any atom is -0.481 e. The molecule has 3 nitrogen and oxygen atoms in total. The lowest BCUT2D eigenvalue weighted by molar-refractivity contribution is -0.139. The zero-order valence-electron chi connectivity index (χ0n) is 10.3. The van der Waals surface area contributed by atoms with Crippen LogP contribution in [0.5, 0.6) is 0 Å². The average Bonchev–Trinajstić information content (AvgIpc) is 2.73. The fourth-order valence-electron chi connectivity index (χ4n) is 2.44. The standard InChI is InChI=1S/C14H17BrO3/c1-9-6-7-10(18-9)8-12(14(16)17)11-4-2-3-5-13(11)15/h2-5,9-10,12H,6-8H2,1H3,(H,16,17). The van der Waals surface area contributed by atoms with Crippen LogP contribution in [0, 0.1) is 0 Å². The summed E-state index contributed by atoms with van der Waals surface area (Å²) in [7, 11) is 0. The summed E-state index contributed by atoms with van der Waals surface area (Å²) in [5.41, 5.74) is 0.827. The molecule has 0 amide bonds.